The Morgan fingerprint density at radius 1 is 1.04 bits per heavy atom. The maximum absolute atomic E-state index is 10.9. The predicted molar refractivity (Wildman–Crippen MR) is 102 cm³/mol. The summed E-state index contributed by atoms with van der Waals surface area (Å²) in [6, 6.07) is 16.5. The average molecular weight is 360 g/mol. The second-order valence-electron chi connectivity index (χ2n) is 5.95. The van der Waals surface area contributed by atoms with Gasteiger partial charge in [-0.3, -0.25) is 14.7 Å². The Labute approximate surface area is 154 Å². The number of nitrogens with one attached hydrogen (secondary N) is 1. The van der Waals surface area contributed by atoms with Gasteiger partial charge in [-0.2, -0.15) is 0 Å². The van der Waals surface area contributed by atoms with Crippen molar-refractivity contribution in [2.24, 2.45) is 0 Å². The molecule has 8 heteroatoms. The number of aromatic nitrogens is 4. The normalized spacial score (nSPS) is 10.8. The van der Waals surface area contributed by atoms with Crippen molar-refractivity contribution in [3.05, 3.63) is 82.9 Å². The second kappa shape index (κ2) is 7.20. The van der Waals surface area contributed by atoms with Crippen LogP contribution in [0.5, 0.6) is 0 Å². The number of rotatable bonds is 6. The molecule has 0 aliphatic heterocycles. The van der Waals surface area contributed by atoms with Crippen LogP contribution < -0.4 is 5.32 Å². The number of para-hydroxylation sites is 1. The van der Waals surface area contributed by atoms with E-state index in [9.17, 15) is 10.1 Å². The Balaban J connectivity index is 1.52. The molecular weight excluding hydrogens is 344 g/mol. The monoisotopic (exact) mass is 360 g/mol. The fraction of sp³-hybridized carbons (Fsp3) is 0.105. The van der Waals surface area contributed by atoms with Crippen LogP contribution in [-0.2, 0) is 6.42 Å². The molecule has 2 aromatic carbocycles. The van der Waals surface area contributed by atoms with E-state index < -0.39 is 0 Å². The van der Waals surface area contributed by atoms with Crippen molar-refractivity contribution in [2.45, 2.75) is 6.42 Å². The number of benzene rings is 2. The average Bonchev–Trinajstić information content (AvgIpc) is 3.14. The van der Waals surface area contributed by atoms with Gasteiger partial charge in [0.1, 0.15) is 12.7 Å². The van der Waals surface area contributed by atoms with Crippen LogP contribution >= 0.6 is 0 Å². The summed E-state index contributed by atoms with van der Waals surface area (Å²) in [5, 5.41) is 14.1. The van der Waals surface area contributed by atoms with Crippen molar-refractivity contribution in [2.75, 3.05) is 11.9 Å². The molecule has 0 unspecified atom stereocenters. The quantitative estimate of drug-likeness (QED) is 0.418. The third-order valence-electron chi connectivity index (χ3n) is 4.20. The molecule has 134 valence electrons. The van der Waals surface area contributed by atoms with E-state index in [0.717, 1.165) is 11.3 Å². The van der Waals surface area contributed by atoms with Gasteiger partial charge in [0.05, 0.1) is 4.92 Å². The van der Waals surface area contributed by atoms with Gasteiger partial charge in [-0.25, -0.2) is 15.0 Å². The van der Waals surface area contributed by atoms with Crippen molar-refractivity contribution >= 4 is 22.7 Å². The van der Waals surface area contributed by atoms with Gasteiger partial charge in [-0.1, -0.05) is 30.3 Å². The molecule has 0 radical (unpaired) electrons. The molecule has 2 heterocycles. The first kappa shape index (κ1) is 16.6. The summed E-state index contributed by atoms with van der Waals surface area (Å²) in [4.78, 5) is 23.6. The second-order valence-corrected chi connectivity index (χ2v) is 5.95. The third-order valence-corrected chi connectivity index (χ3v) is 4.20. The number of hydrogen-bond acceptors (Lipinski definition) is 6. The minimum atomic E-state index is -0.388. The molecule has 4 rings (SSSR count). The molecule has 0 aliphatic rings. The summed E-state index contributed by atoms with van der Waals surface area (Å²) in [5.74, 6) is 0.639. The van der Waals surface area contributed by atoms with Crippen LogP contribution in [0.2, 0.25) is 0 Å². The van der Waals surface area contributed by atoms with E-state index in [1.807, 2.05) is 41.0 Å². The summed E-state index contributed by atoms with van der Waals surface area (Å²) in [6.07, 6.45) is 3.85. The Morgan fingerprint density at radius 2 is 1.89 bits per heavy atom. The van der Waals surface area contributed by atoms with Gasteiger partial charge in [0.2, 0.25) is 0 Å². The lowest BCUT2D eigenvalue weighted by Gasteiger charge is -2.07. The van der Waals surface area contributed by atoms with E-state index in [1.54, 1.807) is 18.5 Å². The molecule has 8 nitrogen and oxygen atoms in total. The van der Waals surface area contributed by atoms with Gasteiger partial charge in [0.15, 0.2) is 17.0 Å². The highest BCUT2D eigenvalue weighted by atomic mass is 16.6. The molecule has 0 bridgehead atoms. The van der Waals surface area contributed by atoms with Gasteiger partial charge >= 0.3 is 0 Å². The topological polar surface area (TPSA) is 98.8 Å². The van der Waals surface area contributed by atoms with Crippen molar-refractivity contribution in [3.8, 4) is 5.69 Å². The molecule has 1 N–H and O–H groups in total. The van der Waals surface area contributed by atoms with E-state index in [2.05, 4.69) is 20.3 Å². The van der Waals surface area contributed by atoms with Gasteiger partial charge < -0.3 is 5.32 Å². The summed E-state index contributed by atoms with van der Waals surface area (Å²) >= 11 is 0. The standard InChI is InChI=1S/C19H16N6O2/c26-25(27)16-8-4-5-14(11-16)9-10-20-18-17-19(22-12-21-18)24(13-23-17)15-6-2-1-3-7-15/h1-8,11-13H,9-10H2,(H,20,21,22). The van der Waals surface area contributed by atoms with Crippen LogP contribution in [0.15, 0.2) is 67.3 Å². The SMILES string of the molecule is O=[N+]([O-])c1cccc(CCNc2ncnc3c2ncn3-c2ccccc2)c1. The number of nitro groups is 1. The number of imidazole rings is 1. The van der Waals surface area contributed by atoms with Crippen LogP contribution in [-0.4, -0.2) is 31.0 Å². The van der Waals surface area contributed by atoms with Crippen LogP contribution in [0.4, 0.5) is 11.5 Å². The van der Waals surface area contributed by atoms with Crippen LogP contribution in [0.3, 0.4) is 0 Å². The van der Waals surface area contributed by atoms with Gasteiger partial charge in [0, 0.05) is 24.4 Å². The summed E-state index contributed by atoms with van der Waals surface area (Å²) in [6.45, 7) is 0.575. The van der Waals surface area contributed by atoms with E-state index in [0.29, 0.717) is 29.9 Å². The Morgan fingerprint density at radius 3 is 2.70 bits per heavy atom. The number of nitrogens with zero attached hydrogens (tertiary/aromatic N) is 5. The largest absolute Gasteiger partial charge is 0.368 e. The maximum atomic E-state index is 10.9. The lowest BCUT2D eigenvalue weighted by molar-refractivity contribution is -0.384. The Bertz CT molecular complexity index is 1090. The number of non-ortho nitro benzene ring substituents is 1. The lowest BCUT2D eigenvalue weighted by Crippen LogP contribution is -2.07. The van der Waals surface area contributed by atoms with Crippen LogP contribution in [0, 0.1) is 10.1 Å². The van der Waals surface area contributed by atoms with Crippen LogP contribution in [0.25, 0.3) is 16.9 Å². The first-order chi connectivity index (χ1) is 13.2. The van der Waals surface area contributed by atoms with Gasteiger partial charge in [-0.15, -0.1) is 0 Å². The maximum Gasteiger partial charge on any atom is 0.269 e. The minimum Gasteiger partial charge on any atom is -0.368 e. The number of anilines is 1. The van der Waals surface area contributed by atoms with E-state index in [-0.39, 0.29) is 10.6 Å². The molecule has 27 heavy (non-hydrogen) atoms. The summed E-state index contributed by atoms with van der Waals surface area (Å²) in [5.41, 5.74) is 3.35. The smallest absolute Gasteiger partial charge is 0.269 e. The molecule has 0 saturated carbocycles. The van der Waals surface area contributed by atoms with Crippen molar-refractivity contribution in [3.63, 3.8) is 0 Å². The minimum absolute atomic E-state index is 0.0959. The molecule has 0 spiro atoms. The zero-order chi connectivity index (χ0) is 18.6. The van der Waals surface area contributed by atoms with Crippen molar-refractivity contribution in [1.29, 1.82) is 0 Å². The van der Waals surface area contributed by atoms with Gasteiger partial charge in [-0.05, 0) is 24.1 Å². The zero-order valence-electron chi connectivity index (χ0n) is 14.3. The summed E-state index contributed by atoms with van der Waals surface area (Å²) in [7, 11) is 0. The molecule has 0 atom stereocenters. The molecular formula is C19H16N6O2. The van der Waals surface area contributed by atoms with Gasteiger partial charge in [0.25, 0.3) is 5.69 Å². The molecule has 4 aromatic rings. The number of nitro benzene ring substituents is 1. The number of fused-ring (bicyclic) bond motifs is 1. The summed E-state index contributed by atoms with van der Waals surface area (Å²) < 4.78 is 1.91. The zero-order valence-corrected chi connectivity index (χ0v) is 14.3. The highest BCUT2D eigenvalue weighted by Gasteiger charge is 2.11. The fourth-order valence-electron chi connectivity index (χ4n) is 2.89. The Kier molecular flexibility index (Phi) is 4.44. The van der Waals surface area contributed by atoms with E-state index in [1.165, 1.54) is 12.4 Å². The van der Waals surface area contributed by atoms with Crippen LogP contribution in [0.1, 0.15) is 5.56 Å². The molecule has 0 amide bonds. The van der Waals surface area contributed by atoms with E-state index in [4.69, 9.17) is 0 Å². The highest BCUT2D eigenvalue weighted by molar-refractivity contribution is 5.83. The van der Waals surface area contributed by atoms with E-state index >= 15 is 0 Å². The first-order valence-corrected chi connectivity index (χ1v) is 8.43. The molecule has 0 aliphatic carbocycles. The molecule has 0 saturated heterocycles. The molecule has 2 aromatic heterocycles. The third kappa shape index (κ3) is 3.45. The van der Waals surface area contributed by atoms with Crippen molar-refractivity contribution < 1.29 is 4.92 Å². The molecule has 0 fully saturated rings. The predicted octanol–water partition coefficient (Wildman–Crippen LogP) is 3.38. The fourth-order valence-corrected chi connectivity index (χ4v) is 2.89. The Hall–Kier alpha value is -3.81. The lowest BCUT2D eigenvalue weighted by atomic mass is 10.1. The number of hydrogen-bond donors (Lipinski definition) is 1. The highest BCUT2D eigenvalue weighted by Crippen LogP contribution is 2.21. The first-order valence-electron chi connectivity index (χ1n) is 8.43. The van der Waals surface area contributed by atoms with Crippen molar-refractivity contribution in [1.82, 2.24) is 19.5 Å².